The van der Waals surface area contributed by atoms with E-state index in [9.17, 15) is 15.8 Å². The number of fused-ring (bicyclic) bond motifs is 6. The Hall–Kier alpha value is -10.0. The van der Waals surface area contributed by atoms with Crippen molar-refractivity contribution >= 4 is 59.0 Å². The highest BCUT2D eigenvalue weighted by molar-refractivity contribution is 7.25. The highest BCUT2D eigenvalue weighted by atomic mass is 32.1. The van der Waals surface area contributed by atoms with Crippen molar-refractivity contribution in [3.05, 3.63) is 222 Å². The summed E-state index contributed by atoms with van der Waals surface area (Å²) < 4.78 is 4.64. The molecule has 0 bridgehead atoms. The molecule has 0 aliphatic rings. The van der Waals surface area contributed by atoms with Crippen LogP contribution in [0.3, 0.4) is 0 Å². The van der Waals surface area contributed by atoms with Gasteiger partial charge in [-0.25, -0.2) is 19.8 Å². The first-order valence-electron chi connectivity index (χ1n) is 22.4. The van der Waals surface area contributed by atoms with Crippen molar-refractivity contribution < 1.29 is 0 Å². The molecule has 0 spiro atoms. The van der Waals surface area contributed by atoms with Crippen molar-refractivity contribution in [2.45, 2.75) is 0 Å². The zero-order valence-corrected chi connectivity index (χ0v) is 37.8. The first-order chi connectivity index (χ1) is 34.4. The standard InChI is InChI=1S/C61H32N8S/c1-65-48-28-39(36-64)27-47(29-48)44-17-21-50-49-20-16-43(46-25-37(34-62)24-38(26-46)35-63)31-55(49)69(56(50)32-44)54-23-19-42(45-18-22-52-51-14-8-9-15-57(51)70-58(52)33-45)30-53(54)61-67-59(40-10-4-2-5-11-40)66-60(68-61)41-12-6-3-7-13-41/h2-33H. The van der Waals surface area contributed by atoms with Gasteiger partial charge in [-0.1, -0.05) is 121 Å². The van der Waals surface area contributed by atoms with E-state index in [2.05, 4.69) is 113 Å². The normalized spacial score (nSPS) is 11.1. The van der Waals surface area contributed by atoms with Gasteiger partial charge in [-0.15, -0.1) is 11.3 Å². The summed E-state index contributed by atoms with van der Waals surface area (Å²) >= 11 is 1.78. The maximum atomic E-state index is 9.98. The van der Waals surface area contributed by atoms with Crippen LogP contribution in [-0.2, 0) is 0 Å². The summed E-state index contributed by atoms with van der Waals surface area (Å²) in [4.78, 5) is 19.3. The second kappa shape index (κ2) is 17.0. The Kier molecular flexibility index (Phi) is 10.1. The van der Waals surface area contributed by atoms with Gasteiger partial charge in [-0.05, 0) is 106 Å². The van der Waals surface area contributed by atoms with Crippen molar-refractivity contribution in [1.29, 1.82) is 15.8 Å². The number of aromatic nitrogens is 4. The lowest BCUT2D eigenvalue weighted by molar-refractivity contribution is 1.06. The van der Waals surface area contributed by atoms with Gasteiger partial charge in [0.05, 0.1) is 52.6 Å². The van der Waals surface area contributed by atoms with Crippen LogP contribution in [0.1, 0.15) is 16.7 Å². The van der Waals surface area contributed by atoms with Gasteiger partial charge in [0.25, 0.3) is 0 Å². The maximum absolute atomic E-state index is 9.98. The third-order valence-corrected chi connectivity index (χ3v) is 13.8. The lowest BCUT2D eigenvalue weighted by atomic mass is 9.98. The second-order valence-corrected chi connectivity index (χ2v) is 18.0. The van der Waals surface area contributed by atoms with E-state index >= 15 is 0 Å². The highest BCUT2D eigenvalue weighted by Gasteiger charge is 2.22. The molecule has 0 aliphatic heterocycles. The molecule has 322 valence electrons. The molecule has 12 aromatic rings. The molecule has 0 saturated carbocycles. The van der Waals surface area contributed by atoms with Gasteiger partial charge in [0.1, 0.15) is 0 Å². The molecule has 70 heavy (non-hydrogen) atoms. The van der Waals surface area contributed by atoms with Crippen LogP contribution < -0.4 is 0 Å². The minimum absolute atomic E-state index is 0.376. The fourth-order valence-corrected chi connectivity index (χ4v) is 10.5. The largest absolute Gasteiger partial charge is 0.308 e. The number of rotatable bonds is 7. The molecule has 0 atom stereocenters. The van der Waals surface area contributed by atoms with Crippen molar-refractivity contribution in [2.75, 3.05) is 0 Å². The van der Waals surface area contributed by atoms with E-state index in [1.807, 2.05) is 84.9 Å². The quantitative estimate of drug-likeness (QED) is 0.147. The summed E-state index contributed by atoms with van der Waals surface area (Å²) in [5.41, 5.74) is 11.6. The molecule has 0 aliphatic carbocycles. The van der Waals surface area contributed by atoms with Crippen molar-refractivity contribution in [3.8, 4) is 91.4 Å². The first-order valence-corrected chi connectivity index (χ1v) is 23.2. The van der Waals surface area contributed by atoms with E-state index in [1.165, 1.54) is 20.2 Å². The topological polar surface area (TPSA) is 119 Å². The molecule has 8 nitrogen and oxygen atoms in total. The molecule has 0 unspecified atom stereocenters. The van der Waals surface area contributed by atoms with E-state index in [4.69, 9.17) is 21.5 Å². The Bertz CT molecular complexity index is 4040. The van der Waals surface area contributed by atoms with Gasteiger partial charge in [-0.2, -0.15) is 15.8 Å². The van der Waals surface area contributed by atoms with Crippen molar-refractivity contribution in [1.82, 2.24) is 19.5 Å². The summed E-state index contributed by atoms with van der Waals surface area (Å²) in [6.45, 7) is 7.82. The number of nitriles is 3. The Morgan fingerprint density at radius 1 is 0.400 bits per heavy atom. The molecule has 9 aromatic carbocycles. The summed E-state index contributed by atoms with van der Waals surface area (Å²) in [5, 5.41) is 34.3. The molecular formula is C61H32N8S. The van der Waals surface area contributed by atoms with Crippen molar-refractivity contribution in [2.24, 2.45) is 0 Å². The van der Waals surface area contributed by atoms with Crippen LogP contribution in [0.4, 0.5) is 5.69 Å². The summed E-state index contributed by atoms with van der Waals surface area (Å²) in [7, 11) is 0. The molecule has 0 saturated heterocycles. The fourth-order valence-electron chi connectivity index (χ4n) is 9.39. The van der Waals surface area contributed by atoms with Crippen molar-refractivity contribution in [3.63, 3.8) is 0 Å². The van der Waals surface area contributed by atoms with Crippen LogP contribution in [0.25, 0.3) is 120 Å². The highest BCUT2D eigenvalue weighted by Crippen LogP contribution is 2.43. The van der Waals surface area contributed by atoms with Crippen LogP contribution in [0.5, 0.6) is 0 Å². The van der Waals surface area contributed by atoms with Crippen LogP contribution >= 0.6 is 11.3 Å². The van der Waals surface area contributed by atoms with Gasteiger partial charge in [0.2, 0.25) is 0 Å². The number of hydrogen-bond donors (Lipinski definition) is 0. The SMILES string of the molecule is [C-]#[N+]c1cc(C#N)cc(-c2ccc3c4ccc(-c5cc(C#N)cc(C#N)c5)cc4n(-c4ccc(-c5ccc6c(c5)sc5ccccc56)cc4-c4nc(-c5ccccc5)nc(-c5ccccc5)n4)c3c2)c1. The molecule has 0 N–H and O–H groups in total. The molecule has 0 radical (unpaired) electrons. The minimum atomic E-state index is 0.376. The minimum Gasteiger partial charge on any atom is -0.308 e. The maximum Gasteiger partial charge on any atom is 0.189 e. The number of benzene rings is 9. The van der Waals surface area contributed by atoms with E-state index in [0.29, 0.717) is 39.9 Å². The zero-order chi connectivity index (χ0) is 47.3. The summed E-state index contributed by atoms with van der Waals surface area (Å²) in [5.74, 6) is 1.52. The smallest absolute Gasteiger partial charge is 0.189 e. The van der Waals surface area contributed by atoms with Crippen LogP contribution in [0.15, 0.2) is 194 Å². The van der Waals surface area contributed by atoms with Crippen LogP contribution in [0.2, 0.25) is 0 Å². The first kappa shape index (κ1) is 41.4. The van der Waals surface area contributed by atoms with E-state index in [0.717, 1.165) is 77.6 Å². The Morgan fingerprint density at radius 2 is 0.886 bits per heavy atom. The second-order valence-electron chi connectivity index (χ2n) is 16.9. The Morgan fingerprint density at radius 3 is 1.49 bits per heavy atom. The molecule has 0 fully saturated rings. The lowest BCUT2D eigenvalue weighted by Crippen LogP contribution is -2.04. The molecular weight excluding hydrogens is 877 g/mol. The van der Waals surface area contributed by atoms with Gasteiger partial charge in [0, 0.05) is 53.2 Å². The number of nitrogens with zero attached hydrogens (tertiary/aromatic N) is 8. The molecule has 12 rings (SSSR count). The zero-order valence-electron chi connectivity index (χ0n) is 37.0. The van der Waals surface area contributed by atoms with Crippen LogP contribution in [-0.4, -0.2) is 19.5 Å². The van der Waals surface area contributed by atoms with Gasteiger partial charge < -0.3 is 4.57 Å². The number of hydrogen-bond acceptors (Lipinski definition) is 7. The van der Waals surface area contributed by atoms with E-state index in [1.54, 1.807) is 35.6 Å². The molecule has 3 aromatic heterocycles. The average Bonchev–Trinajstić information content (AvgIpc) is 3.97. The summed E-state index contributed by atoms with van der Waals surface area (Å²) in [6, 6.07) is 71.0. The third kappa shape index (κ3) is 7.26. The van der Waals surface area contributed by atoms with Gasteiger partial charge in [0.15, 0.2) is 23.2 Å². The molecule has 0 amide bonds. The lowest BCUT2D eigenvalue weighted by Gasteiger charge is -2.17. The monoisotopic (exact) mass is 908 g/mol. The third-order valence-electron chi connectivity index (χ3n) is 12.7. The Labute approximate surface area is 406 Å². The Balaban J connectivity index is 1.18. The van der Waals surface area contributed by atoms with Crippen LogP contribution in [0, 0.1) is 40.6 Å². The van der Waals surface area contributed by atoms with E-state index in [-0.39, 0.29) is 0 Å². The number of thiophene rings is 1. The van der Waals surface area contributed by atoms with Gasteiger partial charge in [-0.3, -0.25) is 0 Å². The molecule has 9 heteroatoms. The fraction of sp³-hybridized carbons (Fsp3) is 0. The predicted octanol–water partition coefficient (Wildman–Crippen LogP) is 15.5. The average molecular weight is 909 g/mol. The van der Waals surface area contributed by atoms with E-state index < -0.39 is 0 Å². The predicted molar refractivity (Wildman–Crippen MR) is 280 cm³/mol. The summed E-state index contributed by atoms with van der Waals surface area (Å²) in [6.07, 6.45) is 0. The molecule has 3 heterocycles. The van der Waals surface area contributed by atoms with Gasteiger partial charge >= 0.3 is 0 Å².